The van der Waals surface area contributed by atoms with Gasteiger partial charge in [-0.15, -0.1) is 11.3 Å². The van der Waals surface area contributed by atoms with E-state index in [2.05, 4.69) is 87.5 Å². The van der Waals surface area contributed by atoms with Crippen molar-refractivity contribution < 1.29 is 0 Å². The van der Waals surface area contributed by atoms with E-state index in [4.69, 9.17) is 0 Å². The molecule has 1 aromatic heterocycles. The Morgan fingerprint density at radius 1 is 1.05 bits per heavy atom. The largest absolute Gasteiger partial charge is 0.142 e. The van der Waals surface area contributed by atoms with Crippen molar-refractivity contribution in [1.29, 1.82) is 0 Å². The summed E-state index contributed by atoms with van der Waals surface area (Å²) < 4.78 is 2.49. The lowest BCUT2D eigenvalue weighted by molar-refractivity contribution is 1.18. The molecule has 1 atom stereocenters. The zero-order valence-electron chi connectivity index (χ0n) is 11.3. The van der Waals surface area contributed by atoms with E-state index in [1.807, 2.05) is 0 Å². The number of halogens is 2. The molecule has 0 fully saturated rings. The maximum absolute atomic E-state index is 3.88. The molecule has 0 saturated carbocycles. The van der Waals surface area contributed by atoms with Gasteiger partial charge in [-0.2, -0.15) is 0 Å². The van der Waals surface area contributed by atoms with Crippen molar-refractivity contribution >= 4 is 53.3 Å². The number of aryl methyl sites for hydroxylation is 2. The summed E-state index contributed by atoms with van der Waals surface area (Å²) in [5.41, 5.74) is 5.29. The third-order valence-corrected chi connectivity index (χ3v) is 6.38. The highest BCUT2D eigenvalue weighted by Crippen LogP contribution is 2.41. The van der Waals surface area contributed by atoms with Gasteiger partial charge >= 0.3 is 0 Å². The van der Waals surface area contributed by atoms with Crippen LogP contribution in [0.25, 0.3) is 10.1 Å². The van der Waals surface area contributed by atoms with Crippen LogP contribution in [0.5, 0.6) is 0 Å². The molecule has 1 heterocycles. The van der Waals surface area contributed by atoms with E-state index in [-0.39, 0.29) is 4.83 Å². The van der Waals surface area contributed by atoms with E-state index in [1.54, 1.807) is 11.3 Å². The lowest BCUT2D eigenvalue weighted by Gasteiger charge is -2.12. The SMILES string of the molecule is Cc1cc(C)cc(C(Br)c2csc3c(Br)cccc23)c1. The van der Waals surface area contributed by atoms with Gasteiger partial charge < -0.3 is 0 Å². The van der Waals surface area contributed by atoms with Gasteiger partial charge in [-0.05, 0) is 57.7 Å². The molecule has 3 rings (SSSR count). The summed E-state index contributed by atoms with van der Waals surface area (Å²) in [4.78, 5) is 0.240. The first-order valence-electron chi connectivity index (χ1n) is 6.44. The Morgan fingerprint density at radius 3 is 2.45 bits per heavy atom. The number of rotatable bonds is 2. The summed E-state index contributed by atoms with van der Waals surface area (Å²) >= 11 is 9.31. The van der Waals surface area contributed by atoms with Crippen molar-refractivity contribution in [2.24, 2.45) is 0 Å². The number of benzene rings is 2. The molecule has 0 nitrogen and oxygen atoms in total. The van der Waals surface area contributed by atoms with Crippen LogP contribution in [0.2, 0.25) is 0 Å². The van der Waals surface area contributed by atoms with Crippen molar-refractivity contribution in [3.8, 4) is 0 Å². The summed E-state index contributed by atoms with van der Waals surface area (Å²) in [6, 6.07) is 13.1. The second kappa shape index (κ2) is 5.63. The van der Waals surface area contributed by atoms with Crippen LogP contribution in [-0.2, 0) is 0 Å². The predicted octanol–water partition coefficient (Wildman–Crippen LogP) is 6.76. The Balaban J connectivity index is 2.13. The van der Waals surface area contributed by atoms with Crippen LogP contribution in [-0.4, -0.2) is 0 Å². The quantitative estimate of drug-likeness (QED) is 0.410. The highest BCUT2D eigenvalue weighted by Gasteiger charge is 2.16. The van der Waals surface area contributed by atoms with Gasteiger partial charge in [-0.1, -0.05) is 57.4 Å². The van der Waals surface area contributed by atoms with E-state index in [9.17, 15) is 0 Å². The third-order valence-electron chi connectivity index (χ3n) is 3.39. The van der Waals surface area contributed by atoms with Crippen LogP contribution in [0, 0.1) is 13.8 Å². The smallest absolute Gasteiger partial charge is 0.0659 e. The number of fused-ring (bicyclic) bond motifs is 1. The normalized spacial score (nSPS) is 12.8. The molecule has 0 aliphatic rings. The highest BCUT2D eigenvalue weighted by molar-refractivity contribution is 9.10. The van der Waals surface area contributed by atoms with Gasteiger partial charge in [-0.3, -0.25) is 0 Å². The Bertz CT molecular complexity index is 754. The fraction of sp³-hybridized carbons (Fsp3) is 0.176. The van der Waals surface area contributed by atoms with E-state index < -0.39 is 0 Å². The molecule has 0 spiro atoms. The van der Waals surface area contributed by atoms with Gasteiger partial charge in [0.1, 0.15) is 0 Å². The summed E-state index contributed by atoms with van der Waals surface area (Å²) in [7, 11) is 0. The van der Waals surface area contributed by atoms with Crippen molar-refractivity contribution in [2.75, 3.05) is 0 Å². The number of thiophene rings is 1. The summed E-state index contributed by atoms with van der Waals surface area (Å²) in [5, 5.41) is 3.58. The molecule has 0 aliphatic carbocycles. The van der Waals surface area contributed by atoms with Crippen LogP contribution in [0.15, 0.2) is 46.3 Å². The molecule has 0 amide bonds. The minimum atomic E-state index is 0.240. The average Bonchev–Trinajstić information content (AvgIpc) is 2.82. The lowest BCUT2D eigenvalue weighted by Crippen LogP contribution is -1.93. The monoisotopic (exact) mass is 408 g/mol. The lowest BCUT2D eigenvalue weighted by atomic mass is 10.0. The average molecular weight is 410 g/mol. The van der Waals surface area contributed by atoms with Gasteiger partial charge in [0.05, 0.1) is 4.83 Å². The third kappa shape index (κ3) is 2.59. The zero-order chi connectivity index (χ0) is 14.3. The Kier molecular flexibility index (Phi) is 4.02. The maximum Gasteiger partial charge on any atom is 0.0659 e. The zero-order valence-corrected chi connectivity index (χ0v) is 15.3. The summed E-state index contributed by atoms with van der Waals surface area (Å²) in [6.07, 6.45) is 0. The maximum atomic E-state index is 3.88. The molecule has 0 radical (unpaired) electrons. The first-order valence-corrected chi connectivity index (χ1v) is 9.03. The molecule has 2 aromatic carbocycles. The van der Waals surface area contributed by atoms with Crippen molar-refractivity contribution in [2.45, 2.75) is 18.7 Å². The fourth-order valence-corrected chi connectivity index (χ4v) is 5.04. The standard InChI is InChI=1S/C17H14Br2S/c1-10-6-11(2)8-12(7-10)16(19)14-9-20-17-13(14)4-3-5-15(17)18/h3-9,16H,1-2H3. The first kappa shape index (κ1) is 14.3. The molecular formula is C17H14Br2S. The van der Waals surface area contributed by atoms with Gasteiger partial charge in [0.25, 0.3) is 0 Å². The molecule has 3 aromatic rings. The molecule has 1 unspecified atom stereocenters. The van der Waals surface area contributed by atoms with Crippen molar-refractivity contribution in [3.05, 3.63) is 68.5 Å². The summed E-state index contributed by atoms with van der Waals surface area (Å²) in [6.45, 7) is 4.30. The second-order valence-corrected chi connectivity index (χ2v) is 7.74. The Labute approximate surface area is 140 Å². The molecule has 102 valence electrons. The van der Waals surface area contributed by atoms with E-state index in [1.165, 1.54) is 36.8 Å². The van der Waals surface area contributed by atoms with Crippen molar-refractivity contribution in [3.63, 3.8) is 0 Å². The van der Waals surface area contributed by atoms with Gasteiger partial charge in [-0.25, -0.2) is 0 Å². The minimum absolute atomic E-state index is 0.240. The number of hydrogen-bond donors (Lipinski definition) is 0. The first-order chi connectivity index (χ1) is 9.56. The molecule has 20 heavy (non-hydrogen) atoms. The highest BCUT2D eigenvalue weighted by atomic mass is 79.9. The van der Waals surface area contributed by atoms with Gasteiger partial charge in [0.2, 0.25) is 0 Å². The van der Waals surface area contributed by atoms with Gasteiger partial charge in [0, 0.05) is 9.17 Å². The van der Waals surface area contributed by atoms with Gasteiger partial charge in [0.15, 0.2) is 0 Å². The number of hydrogen-bond acceptors (Lipinski definition) is 1. The molecule has 0 aliphatic heterocycles. The van der Waals surface area contributed by atoms with Crippen LogP contribution in [0.4, 0.5) is 0 Å². The van der Waals surface area contributed by atoms with E-state index in [0.717, 1.165) is 0 Å². The van der Waals surface area contributed by atoms with Crippen LogP contribution < -0.4 is 0 Å². The van der Waals surface area contributed by atoms with Crippen molar-refractivity contribution in [1.82, 2.24) is 0 Å². The Morgan fingerprint density at radius 2 is 1.75 bits per heavy atom. The molecule has 0 bridgehead atoms. The topological polar surface area (TPSA) is 0 Å². The molecule has 0 saturated heterocycles. The molecule has 3 heteroatoms. The van der Waals surface area contributed by atoms with Crippen LogP contribution in [0.1, 0.15) is 27.1 Å². The van der Waals surface area contributed by atoms with E-state index >= 15 is 0 Å². The van der Waals surface area contributed by atoms with Crippen LogP contribution in [0.3, 0.4) is 0 Å². The molecule has 0 N–H and O–H groups in total. The predicted molar refractivity (Wildman–Crippen MR) is 96.2 cm³/mol. The Hall–Kier alpha value is -0.640. The van der Waals surface area contributed by atoms with Crippen LogP contribution >= 0.6 is 43.2 Å². The second-order valence-electron chi connectivity index (χ2n) is 5.09. The fourth-order valence-electron chi connectivity index (χ4n) is 2.57. The minimum Gasteiger partial charge on any atom is -0.142 e. The van der Waals surface area contributed by atoms with E-state index in [0.29, 0.717) is 0 Å². The summed E-state index contributed by atoms with van der Waals surface area (Å²) in [5.74, 6) is 0. The molecular weight excluding hydrogens is 396 g/mol. The number of alkyl halides is 1.